The molecule has 10 amide bonds. The normalized spacial score (nSPS) is 19.1. The van der Waals surface area contributed by atoms with Crippen molar-refractivity contribution in [2.24, 2.45) is 11.7 Å². The fourth-order valence-corrected chi connectivity index (χ4v) is 10.6. The zero-order valence-corrected chi connectivity index (χ0v) is 55.1. The first-order chi connectivity index (χ1) is 44.5. The van der Waals surface area contributed by atoms with Crippen LogP contribution < -0.4 is 58.3 Å². The lowest BCUT2D eigenvalue weighted by Crippen LogP contribution is -2.60. The molecule has 0 radical (unpaired) electrons. The van der Waals surface area contributed by atoms with E-state index in [-0.39, 0.29) is 83.1 Å². The van der Waals surface area contributed by atoms with Crippen molar-refractivity contribution in [3.05, 3.63) is 125 Å². The molecular weight excluding hydrogens is 1210 g/mol. The molecule has 508 valence electrons. The van der Waals surface area contributed by atoms with Crippen LogP contribution in [0.25, 0.3) is 11.1 Å². The summed E-state index contributed by atoms with van der Waals surface area (Å²) in [7, 11) is 0. The number of carbonyl (C=O) groups is 11. The minimum Gasteiger partial charge on any atom is -0.488 e. The number of carbonyl (C=O) groups excluding carboxylic acids is 11. The number of ether oxygens (including phenoxy) is 4. The molecule has 0 saturated carbocycles. The van der Waals surface area contributed by atoms with Gasteiger partial charge in [0.25, 0.3) is 0 Å². The maximum atomic E-state index is 15.0. The molecule has 11 N–H and O–H groups in total. The summed E-state index contributed by atoms with van der Waals surface area (Å²) in [6, 6.07) is 20.7. The van der Waals surface area contributed by atoms with Gasteiger partial charge < -0.3 is 72.5 Å². The molecule has 0 spiro atoms. The van der Waals surface area contributed by atoms with Crippen molar-refractivity contribution in [2.45, 2.75) is 193 Å². The maximum Gasteiger partial charge on any atom is 0.407 e. The molecule has 94 heavy (non-hydrogen) atoms. The molecule has 4 aromatic rings. The number of fused-ring (bicyclic) bond motifs is 3. The van der Waals surface area contributed by atoms with Gasteiger partial charge in [0.15, 0.2) is 0 Å². The van der Waals surface area contributed by atoms with Crippen LogP contribution in [0.4, 0.5) is 9.59 Å². The molecule has 2 aliphatic rings. The Hall–Kier alpha value is -9.55. The molecule has 1 fully saturated rings. The molecule has 25 heteroatoms. The number of unbranched alkanes of at least 4 members (excludes halogenated alkanes) is 1. The molecule has 1 aliphatic heterocycles. The summed E-state index contributed by atoms with van der Waals surface area (Å²) in [6.07, 6.45) is -2.42. The van der Waals surface area contributed by atoms with E-state index in [0.29, 0.717) is 23.3 Å². The molecule has 1 heterocycles. The molecule has 25 nitrogen and oxygen atoms in total. The lowest BCUT2D eigenvalue weighted by atomic mass is 9.98. The van der Waals surface area contributed by atoms with Gasteiger partial charge in [0.1, 0.15) is 72.5 Å². The van der Waals surface area contributed by atoms with E-state index < -0.39 is 132 Å². The first kappa shape index (κ1) is 73.5. The SMILES string of the molecule is CC(C)C[C@@H]1NC(=O)[C@H](Cc2ccc(OC(C)(C)C)cc2)NC(=O)[C@@H](NC(=O)[C@H](CCCCNC(=O)OC(C)(C)C)NC(=O)[C@H](C)NC(=O)OCC2c3ccccc3-c3ccccc32)CCCCNC(=O)C[C@@H](C(=O)OCc2ccccc2)NC(=O)[C@H](CC(N)=O)NC1=O. The van der Waals surface area contributed by atoms with E-state index in [2.05, 4.69) is 47.9 Å². The van der Waals surface area contributed by atoms with Crippen LogP contribution in [0.3, 0.4) is 0 Å². The molecule has 6 rings (SSSR count). The van der Waals surface area contributed by atoms with Crippen molar-refractivity contribution >= 4 is 65.4 Å². The van der Waals surface area contributed by atoms with Crippen molar-refractivity contribution in [2.75, 3.05) is 19.7 Å². The minimum atomic E-state index is -1.72. The molecule has 1 aliphatic carbocycles. The second-order valence-electron chi connectivity index (χ2n) is 26.0. The standard InChI is InChI=1S/C69H92N10O15/c1-41(2)35-53-62(85)78-55(37-57(70)80)64(87)79-56(65(88)91-39-44-21-11-10-12-22-44)38-58(81)71-33-19-17-28-52(61(84)77-54(63(86)76-53)36-43-29-31-45(32-30-43)93-68(4,5)6)75-60(83)51(27-18-20-34-72-66(89)94-69(7,8)9)74-59(82)42(3)73-67(90)92-40-50-48-25-15-13-23-46(48)47-24-14-16-26-49(47)50/h10-16,21-26,29-32,41-42,50-56H,17-20,27-28,33-40H2,1-9H3,(H2,70,80)(H,71,81)(H,72,89)(H,73,90)(H,74,82)(H,75,83)(H,76,86)(H,77,84)(H,78,85)(H,79,87)/t42-,51-,52-,53-,54-,55-,56-/m0/s1. The fraction of sp³-hybridized carbons (Fsp3) is 0.493. The van der Waals surface area contributed by atoms with E-state index in [9.17, 15) is 47.9 Å². The lowest BCUT2D eigenvalue weighted by molar-refractivity contribution is -0.150. The van der Waals surface area contributed by atoms with Crippen LogP contribution in [0.2, 0.25) is 0 Å². The van der Waals surface area contributed by atoms with Gasteiger partial charge in [0.2, 0.25) is 47.3 Å². The van der Waals surface area contributed by atoms with Gasteiger partial charge in [0.05, 0.1) is 12.8 Å². The average Bonchev–Trinajstić information content (AvgIpc) is 1.62. The number of amides is 10. The van der Waals surface area contributed by atoms with Gasteiger partial charge in [-0.05, 0) is 145 Å². The number of primary amides is 1. The highest BCUT2D eigenvalue weighted by Gasteiger charge is 2.37. The molecule has 0 unspecified atom stereocenters. The van der Waals surface area contributed by atoms with Crippen LogP contribution in [-0.2, 0) is 70.4 Å². The minimum absolute atomic E-state index is 0.0285. The van der Waals surface area contributed by atoms with E-state index in [1.165, 1.54) is 6.92 Å². The average molecular weight is 1300 g/mol. The Kier molecular flexibility index (Phi) is 27.3. The third kappa shape index (κ3) is 24.2. The number of benzene rings is 4. The van der Waals surface area contributed by atoms with Crippen LogP contribution in [0.15, 0.2) is 103 Å². The molecule has 0 bridgehead atoms. The van der Waals surface area contributed by atoms with Crippen LogP contribution in [0, 0.1) is 5.92 Å². The van der Waals surface area contributed by atoms with Crippen molar-refractivity contribution in [3.8, 4) is 16.9 Å². The van der Waals surface area contributed by atoms with E-state index in [1.54, 1.807) is 89.2 Å². The van der Waals surface area contributed by atoms with Crippen molar-refractivity contribution in [1.29, 1.82) is 0 Å². The van der Waals surface area contributed by atoms with Crippen molar-refractivity contribution in [1.82, 2.24) is 47.9 Å². The van der Waals surface area contributed by atoms with Gasteiger partial charge in [-0.25, -0.2) is 14.4 Å². The first-order valence-electron chi connectivity index (χ1n) is 32.0. The van der Waals surface area contributed by atoms with Gasteiger partial charge >= 0.3 is 18.2 Å². The Morgan fingerprint density at radius 3 is 1.86 bits per heavy atom. The van der Waals surface area contributed by atoms with Crippen LogP contribution >= 0.6 is 0 Å². The number of rotatable bonds is 22. The summed E-state index contributed by atoms with van der Waals surface area (Å²) in [5.74, 6) is -8.07. The number of esters is 1. The Morgan fingerprint density at radius 1 is 0.628 bits per heavy atom. The monoisotopic (exact) mass is 1300 g/mol. The Labute approximate surface area is 549 Å². The number of nitrogens with two attached hydrogens (primary N) is 1. The Balaban J connectivity index is 1.29. The fourth-order valence-electron chi connectivity index (χ4n) is 10.6. The van der Waals surface area contributed by atoms with Crippen molar-refractivity contribution < 1.29 is 71.7 Å². The van der Waals surface area contributed by atoms with Gasteiger partial charge in [0, 0.05) is 25.4 Å². The predicted molar refractivity (Wildman–Crippen MR) is 349 cm³/mol. The van der Waals surface area contributed by atoms with E-state index in [4.69, 9.17) is 24.7 Å². The van der Waals surface area contributed by atoms with Gasteiger partial charge in [-0.2, -0.15) is 0 Å². The van der Waals surface area contributed by atoms with Crippen LogP contribution in [-0.4, -0.2) is 139 Å². The summed E-state index contributed by atoms with van der Waals surface area (Å²) < 4.78 is 22.6. The summed E-state index contributed by atoms with van der Waals surface area (Å²) >= 11 is 0. The summed E-state index contributed by atoms with van der Waals surface area (Å²) in [4.78, 5) is 153. The topological polar surface area (TPSA) is 359 Å². The molecule has 7 atom stereocenters. The molecule has 4 aromatic carbocycles. The quantitative estimate of drug-likeness (QED) is 0.0271. The second-order valence-corrected chi connectivity index (χ2v) is 26.0. The largest absolute Gasteiger partial charge is 0.488 e. The Bertz CT molecular complexity index is 3250. The molecule has 1 saturated heterocycles. The van der Waals surface area contributed by atoms with Crippen LogP contribution in [0.1, 0.15) is 148 Å². The van der Waals surface area contributed by atoms with E-state index >= 15 is 4.79 Å². The summed E-state index contributed by atoms with van der Waals surface area (Å²) in [5.41, 5.74) is 9.42. The number of hydrogen-bond acceptors (Lipinski definition) is 15. The highest BCUT2D eigenvalue weighted by Crippen LogP contribution is 2.44. The lowest BCUT2D eigenvalue weighted by Gasteiger charge is -2.28. The third-order valence-corrected chi connectivity index (χ3v) is 15.2. The smallest absolute Gasteiger partial charge is 0.407 e. The van der Waals surface area contributed by atoms with Gasteiger partial charge in [-0.3, -0.25) is 38.4 Å². The molecule has 0 aromatic heterocycles. The zero-order valence-electron chi connectivity index (χ0n) is 55.1. The van der Waals surface area contributed by atoms with Gasteiger partial charge in [-0.1, -0.05) is 105 Å². The predicted octanol–water partition coefficient (Wildman–Crippen LogP) is 5.29. The zero-order chi connectivity index (χ0) is 68.7. The first-order valence-corrected chi connectivity index (χ1v) is 32.0. The van der Waals surface area contributed by atoms with Gasteiger partial charge in [-0.15, -0.1) is 0 Å². The summed E-state index contributed by atoms with van der Waals surface area (Å²) in [6.45, 7) is 15.6. The van der Waals surface area contributed by atoms with E-state index in [1.807, 2.05) is 69.3 Å². The molecular formula is C69H92N10O15. The Morgan fingerprint density at radius 2 is 1.23 bits per heavy atom. The number of hydrogen-bond donors (Lipinski definition) is 10. The number of alkyl carbamates (subject to hydrolysis) is 2. The van der Waals surface area contributed by atoms with Crippen molar-refractivity contribution in [3.63, 3.8) is 0 Å². The number of nitrogens with one attached hydrogen (secondary N) is 9. The highest BCUT2D eigenvalue weighted by atomic mass is 16.6. The van der Waals surface area contributed by atoms with E-state index in [0.717, 1.165) is 22.3 Å². The second kappa shape index (κ2) is 34.9. The third-order valence-electron chi connectivity index (χ3n) is 15.2. The maximum absolute atomic E-state index is 15.0. The summed E-state index contributed by atoms with van der Waals surface area (Å²) in [5, 5.41) is 24.0. The highest BCUT2D eigenvalue weighted by molar-refractivity contribution is 5.99. The van der Waals surface area contributed by atoms with Crippen LogP contribution in [0.5, 0.6) is 5.75 Å².